The number of guanidine groups is 1. The van der Waals surface area contributed by atoms with E-state index in [9.17, 15) is 0 Å². The van der Waals surface area contributed by atoms with Crippen LogP contribution in [0.1, 0.15) is 38.0 Å². The van der Waals surface area contributed by atoms with E-state index in [0.29, 0.717) is 6.10 Å². The maximum atomic E-state index is 5.91. The highest BCUT2D eigenvalue weighted by Gasteiger charge is 2.14. The SMILES string of the molecule is CN=C(NCCCOC1CCOCC1)NC(C)c1cc2ccccc2o1. The summed E-state index contributed by atoms with van der Waals surface area (Å²) >= 11 is 0. The van der Waals surface area contributed by atoms with Crippen LogP contribution in [0, 0.1) is 0 Å². The normalized spacial score (nSPS) is 17.4. The Labute approximate surface area is 155 Å². The molecule has 1 aliphatic heterocycles. The maximum Gasteiger partial charge on any atom is 0.191 e. The zero-order valence-electron chi connectivity index (χ0n) is 15.7. The first-order valence-corrected chi connectivity index (χ1v) is 9.41. The Bertz CT molecular complexity index is 674. The second-order valence-corrected chi connectivity index (χ2v) is 6.59. The van der Waals surface area contributed by atoms with Crippen LogP contribution in [0.3, 0.4) is 0 Å². The molecule has 1 aliphatic rings. The minimum Gasteiger partial charge on any atom is -0.459 e. The van der Waals surface area contributed by atoms with Crippen molar-refractivity contribution in [3.8, 4) is 0 Å². The second-order valence-electron chi connectivity index (χ2n) is 6.59. The van der Waals surface area contributed by atoms with Gasteiger partial charge < -0.3 is 24.5 Å². The summed E-state index contributed by atoms with van der Waals surface area (Å²) < 4.78 is 17.1. The molecule has 0 spiro atoms. The van der Waals surface area contributed by atoms with Gasteiger partial charge in [0.2, 0.25) is 0 Å². The van der Waals surface area contributed by atoms with Gasteiger partial charge in [-0.3, -0.25) is 4.99 Å². The van der Waals surface area contributed by atoms with Crippen molar-refractivity contribution >= 4 is 16.9 Å². The highest BCUT2D eigenvalue weighted by molar-refractivity contribution is 5.81. The molecule has 26 heavy (non-hydrogen) atoms. The van der Waals surface area contributed by atoms with Crippen molar-refractivity contribution in [2.45, 2.75) is 38.3 Å². The Kier molecular flexibility index (Phi) is 6.91. The molecule has 1 aromatic carbocycles. The third kappa shape index (κ3) is 5.22. The van der Waals surface area contributed by atoms with Crippen LogP contribution in [0.5, 0.6) is 0 Å². The molecule has 2 heterocycles. The largest absolute Gasteiger partial charge is 0.459 e. The minimum absolute atomic E-state index is 0.0343. The molecular formula is C20H29N3O3. The molecule has 3 rings (SSSR count). The van der Waals surface area contributed by atoms with Gasteiger partial charge >= 0.3 is 0 Å². The fraction of sp³-hybridized carbons (Fsp3) is 0.550. The van der Waals surface area contributed by atoms with Crippen LogP contribution in [0.25, 0.3) is 11.0 Å². The molecule has 6 nitrogen and oxygen atoms in total. The monoisotopic (exact) mass is 359 g/mol. The first-order valence-electron chi connectivity index (χ1n) is 9.41. The van der Waals surface area contributed by atoms with Crippen molar-refractivity contribution in [3.05, 3.63) is 36.1 Å². The molecule has 6 heteroatoms. The summed E-state index contributed by atoms with van der Waals surface area (Å²) in [6.07, 6.45) is 3.31. The predicted octanol–water partition coefficient (Wildman–Crippen LogP) is 3.24. The molecule has 0 bridgehead atoms. The number of nitrogens with zero attached hydrogens (tertiary/aromatic N) is 1. The van der Waals surface area contributed by atoms with Crippen molar-refractivity contribution < 1.29 is 13.9 Å². The second kappa shape index (κ2) is 9.59. The molecule has 1 saturated heterocycles. The minimum atomic E-state index is 0.0343. The van der Waals surface area contributed by atoms with Gasteiger partial charge in [0.1, 0.15) is 11.3 Å². The topological polar surface area (TPSA) is 68.0 Å². The van der Waals surface area contributed by atoms with E-state index in [1.54, 1.807) is 7.05 Å². The number of rotatable bonds is 7. The first-order chi connectivity index (χ1) is 12.8. The lowest BCUT2D eigenvalue weighted by Gasteiger charge is -2.22. The fourth-order valence-corrected chi connectivity index (χ4v) is 3.06. The molecule has 0 saturated carbocycles. The number of hydrogen-bond acceptors (Lipinski definition) is 4. The Morgan fingerprint density at radius 3 is 2.88 bits per heavy atom. The number of para-hydroxylation sites is 1. The van der Waals surface area contributed by atoms with Crippen molar-refractivity contribution in [1.29, 1.82) is 0 Å². The van der Waals surface area contributed by atoms with Crippen molar-refractivity contribution in [1.82, 2.24) is 10.6 Å². The predicted molar refractivity (Wildman–Crippen MR) is 104 cm³/mol. The third-order valence-electron chi connectivity index (χ3n) is 4.58. The van der Waals surface area contributed by atoms with E-state index in [-0.39, 0.29) is 6.04 Å². The molecule has 0 radical (unpaired) electrons. The smallest absolute Gasteiger partial charge is 0.191 e. The quantitative estimate of drug-likeness (QED) is 0.451. The third-order valence-corrected chi connectivity index (χ3v) is 4.58. The molecule has 1 unspecified atom stereocenters. The molecule has 2 N–H and O–H groups in total. The number of furan rings is 1. The molecule has 2 aromatic rings. The molecule has 1 aromatic heterocycles. The van der Waals surface area contributed by atoms with Crippen LogP contribution >= 0.6 is 0 Å². The van der Waals surface area contributed by atoms with Crippen molar-refractivity contribution in [2.75, 3.05) is 33.4 Å². The van der Waals surface area contributed by atoms with Gasteiger partial charge in [-0.2, -0.15) is 0 Å². The van der Waals surface area contributed by atoms with Gasteiger partial charge in [-0.25, -0.2) is 0 Å². The van der Waals surface area contributed by atoms with Gasteiger partial charge in [0.15, 0.2) is 5.96 Å². The average molecular weight is 359 g/mol. The van der Waals surface area contributed by atoms with Crippen LogP contribution in [-0.4, -0.2) is 45.5 Å². The van der Waals surface area contributed by atoms with Gasteiger partial charge in [0.05, 0.1) is 12.1 Å². The van der Waals surface area contributed by atoms with Crippen LogP contribution in [0.2, 0.25) is 0 Å². The number of hydrogen-bond donors (Lipinski definition) is 2. The van der Waals surface area contributed by atoms with E-state index in [2.05, 4.69) is 34.7 Å². The highest BCUT2D eigenvalue weighted by atomic mass is 16.5. The molecule has 142 valence electrons. The summed E-state index contributed by atoms with van der Waals surface area (Å²) in [5, 5.41) is 7.82. The van der Waals surface area contributed by atoms with Gasteiger partial charge in [0, 0.05) is 38.8 Å². The van der Waals surface area contributed by atoms with E-state index in [1.807, 2.05) is 18.2 Å². The maximum absolute atomic E-state index is 5.91. The van der Waals surface area contributed by atoms with Gasteiger partial charge in [-0.15, -0.1) is 0 Å². The number of ether oxygens (including phenoxy) is 2. The van der Waals surface area contributed by atoms with Crippen molar-refractivity contribution in [3.63, 3.8) is 0 Å². The van der Waals surface area contributed by atoms with Crippen LogP contribution in [0.15, 0.2) is 39.7 Å². The zero-order chi connectivity index (χ0) is 18.2. The fourth-order valence-electron chi connectivity index (χ4n) is 3.06. The average Bonchev–Trinajstić information content (AvgIpc) is 3.12. The summed E-state index contributed by atoms with van der Waals surface area (Å²) in [6.45, 7) is 5.28. The van der Waals surface area contributed by atoms with Crippen LogP contribution in [0.4, 0.5) is 0 Å². The zero-order valence-corrected chi connectivity index (χ0v) is 15.7. The Morgan fingerprint density at radius 2 is 2.12 bits per heavy atom. The van der Waals surface area contributed by atoms with Crippen LogP contribution in [-0.2, 0) is 9.47 Å². The summed E-state index contributed by atoms with van der Waals surface area (Å²) in [7, 11) is 1.78. The molecule has 0 amide bonds. The molecule has 1 atom stereocenters. The number of nitrogens with one attached hydrogen (secondary N) is 2. The van der Waals surface area contributed by atoms with E-state index >= 15 is 0 Å². The highest BCUT2D eigenvalue weighted by Crippen LogP contribution is 2.23. The van der Waals surface area contributed by atoms with Gasteiger partial charge in [-0.1, -0.05) is 18.2 Å². The summed E-state index contributed by atoms with van der Waals surface area (Å²) in [6, 6.07) is 10.1. The van der Waals surface area contributed by atoms with Gasteiger partial charge in [-0.05, 0) is 38.3 Å². The first kappa shape index (κ1) is 18.7. The number of aliphatic imine (C=N–C) groups is 1. The van der Waals surface area contributed by atoms with Crippen LogP contribution < -0.4 is 10.6 Å². The lowest BCUT2D eigenvalue weighted by molar-refractivity contribution is -0.0320. The number of fused-ring (bicyclic) bond motifs is 1. The van der Waals surface area contributed by atoms with Gasteiger partial charge in [0.25, 0.3) is 0 Å². The molecule has 0 aliphatic carbocycles. The Hall–Kier alpha value is -2.05. The lowest BCUT2D eigenvalue weighted by atomic mass is 10.1. The summed E-state index contributed by atoms with van der Waals surface area (Å²) in [5.74, 6) is 1.67. The lowest BCUT2D eigenvalue weighted by Crippen LogP contribution is -2.39. The van der Waals surface area contributed by atoms with E-state index in [4.69, 9.17) is 13.9 Å². The standard InChI is InChI=1S/C20H29N3O3/c1-15(19-14-16-6-3-4-7-18(16)26-19)23-20(21-2)22-10-5-11-25-17-8-12-24-13-9-17/h3-4,6-7,14-15,17H,5,8-13H2,1-2H3,(H2,21,22,23). The summed E-state index contributed by atoms with van der Waals surface area (Å²) in [5.41, 5.74) is 0.907. The van der Waals surface area contributed by atoms with E-state index in [0.717, 1.165) is 68.3 Å². The van der Waals surface area contributed by atoms with E-state index in [1.165, 1.54) is 0 Å². The summed E-state index contributed by atoms with van der Waals surface area (Å²) in [4.78, 5) is 4.29. The Morgan fingerprint density at radius 1 is 1.31 bits per heavy atom. The van der Waals surface area contributed by atoms with E-state index < -0.39 is 0 Å². The molecular weight excluding hydrogens is 330 g/mol. The van der Waals surface area contributed by atoms with Crippen molar-refractivity contribution in [2.24, 2.45) is 4.99 Å². The Balaban J connectivity index is 1.39. The molecule has 1 fully saturated rings. The number of benzene rings is 1.